The van der Waals surface area contributed by atoms with E-state index in [1.54, 1.807) is 6.26 Å². The number of nitrogens with zero attached hydrogens (tertiary/aromatic N) is 1. The van der Waals surface area contributed by atoms with Crippen molar-refractivity contribution in [1.82, 2.24) is 16.0 Å². The lowest BCUT2D eigenvalue weighted by molar-refractivity contribution is 0.0504. The zero-order valence-electron chi connectivity index (χ0n) is 17.4. The number of ether oxygens (including phenoxy) is 1. The predicted octanol–water partition coefficient (Wildman–Crippen LogP) is 4.22. The Balaban J connectivity index is 0.00000420. The van der Waals surface area contributed by atoms with Gasteiger partial charge in [-0.25, -0.2) is 9.79 Å². The molecule has 0 saturated heterocycles. The number of halogens is 1. The third kappa shape index (κ3) is 9.69. The van der Waals surface area contributed by atoms with Crippen molar-refractivity contribution >= 4 is 36.0 Å². The van der Waals surface area contributed by atoms with Gasteiger partial charge in [0.1, 0.15) is 17.9 Å². The van der Waals surface area contributed by atoms with E-state index < -0.39 is 11.7 Å². The second kappa shape index (κ2) is 12.4. The molecule has 1 heterocycles. The number of carbonyl (C=O) groups is 1. The topological polar surface area (TPSA) is 87.9 Å². The highest BCUT2D eigenvalue weighted by molar-refractivity contribution is 14.0. The maximum atomic E-state index is 12.3. The second-order valence-corrected chi connectivity index (χ2v) is 7.26. The van der Waals surface area contributed by atoms with E-state index in [4.69, 9.17) is 9.15 Å². The molecule has 8 heteroatoms. The maximum Gasteiger partial charge on any atom is 0.408 e. The van der Waals surface area contributed by atoms with Crippen LogP contribution in [-0.2, 0) is 11.3 Å². The van der Waals surface area contributed by atoms with Gasteiger partial charge in [-0.15, -0.1) is 24.0 Å². The average molecular weight is 514 g/mol. The van der Waals surface area contributed by atoms with Gasteiger partial charge in [0, 0.05) is 13.1 Å². The lowest BCUT2D eigenvalue weighted by Crippen LogP contribution is -2.44. The molecule has 3 N–H and O–H groups in total. The van der Waals surface area contributed by atoms with Gasteiger partial charge >= 0.3 is 6.09 Å². The van der Waals surface area contributed by atoms with Crippen molar-refractivity contribution < 1.29 is 13.9 Å². The minimum Gasteiger partial charge on any atom is -0.467 e. The van der Waals surface area contributed by atoms with Crippen LogP contribution in [0.5, 0.6) is 0 Å². The quantitative estimate of drug-likeness (QED) is 0.293. The Bertz CT molecular complexity index is 743. The lowest BCUT2D eigenvalue weighted by atomic mass is 10.1. The van der Waals surface area contributed by atoms with Crippen LogP contribution in [0.2, 0.25) is 0 Å². The Hall–Kier alpha value is -2.23. The highest BCUT2D eigenvalue weighted by atomic mass is 127. The summed E-state index contributed by atoms with van der Waals surface area (Å²) in [6, 6.07) is 13.2. The summed E-state index contributed by atoms with van der Waals surface area (Å²) >= 11 is 0. The van der Waals surface area contributed by atoms with Gasteiger partial charge in [-0.2, -0.15) is 0 Å². The predicted molar refractivity (Wildman–Crippen MR) is 125 cm³/mol. The van der Waals surface area contributed by atoms with Crippen LogP contribution in [0.25, 0.3) is 0 Å². The first kappa shape index (κ1) is 24.8. The summed E-state index contributed by atoms with van der Waals surface area (Å²) in [6.45, 7) is 9.12. The lowest BCUT2D eigenvalue weighted by Gasteiger charge is -2.24. The Morgan fingerprint density at radius 1 is 1.14 bits per heavy atom. The van der Waals surface area contributed by atoms with E-state index in [0.717, 1.165) is 17.9 Å². The normalized spacial score (nSPS) is 12.5. The number of hydrogen-bond acceptors (Lipinski definition) is 4. The van der Waals surface area contributed by atoms with Crippen LogP contribution in [0.15, 0.2) is 58.1 Å². The van der Waals surface area contributed by atoms with Gasteiger partial charge in [-0.1, -0.05) is 30.3 Å². The highest BCUT2D eigenvalue weighted by Crippen LogP contribution is 2.14. The van der Waals surface area contributed by atoms with Gasteiger partial charge in [-0.3, -0.25) is 0 Å². The minimum atomic E-state index is -0.557. The molecule has 0 aliphatic heterocycles. The Kier molecular flexibility index (Phi) is 10.6. The fourth-order valence-electron chi connectivity index (χ4n) is 2.49. The van der Waals surface area contributed by atoms with Crippen molar-refractivity contribution in [2.24, 2.45) is 4.99 Å². The van der Waals surface area contributed by atoms with Crippen molar-refractivity contribution in [3.8, 4) is 0 Å². The van der Waals surface area contributed by atoms with E-state index >= 15 is 0 Å². The summed E-state index contributed by atoms with van der Waals surface area (Å²) in [6.07, 6.45) is 1.17. The van der Waals surface area contributed by atoms with Gasteiger partial charge in [-0.05, 0) is 45.4 Å². The molecule has 160 valence electrons. The standard InChI is InChI=1S/C21H30N4O3.HI/c1-5-22-19(23-14-17-12-9-13-27-17)24-15-18(16-10-7-6-8-11-16)25-20(26)28-21(2,3)4;/h6-13,18H,5,14-15H2,1-4H3,(H,25,26)(H2,22,23,24);1H. The summed E-state index contributed by atoms with van der Waals surface area (Å²) in [5.41, 5.74) is 0.417. The van der Waals surface area contributed by atoms with Crippen LogP contribution in [0.3, 0.4) is 0 Å². The van der Waals surface area contributed by atoms with E-state index in [9.17, 15) is 4.79 Å². The van der Waals surface area contributed by atoms with Crippen molar-refractivity contribution in [3.05, 3.63) is 60.1 Å². The largest absolute Gasteiger partial charge is 0.467 e. The molecule has 1 amide bonds. The summed E-state index contributed by atoms with van der Waals surface area (Å²) < 4.78 is 10.7. The number of alkyl carbamates (subject to hydrolysis) is 1. The number of nitrogens with one attached hydrogen (secondary N) is 3. The smallest absolute Gasteiger partial charge is 0.408 e. The zero-order chi connectivity index (χ0) is 20.4. The third-order valence-corrected chi connectivity index (χ3v) is 3.68. The first-order valence-corrected chi connectivity index (χ1v) is 9.46. The molecule has 1 atom stereocenters. The van der Waals surface area contributed by atoms with E-state index in [1.165, 1.54) is 0 Å². The van der Waals surface area contributed by atoms with Gasteiger partial charge < -0.3 is 25.1 Å². The first-order valence-electron chi connectivity index (χ1n) is 9.46. The molecule has 0 fully saturated rings. The summed E-state index contributed by atoms with van der Waals surface area (Å²) in [5.74, 6) is 1.43. The van der Waals surface area contributed by atoms with Crippen molar-refractivity contribution in [2.45, 2.75) is 45.9 Å². The van der Waals surface area contributed by atoms with Crippen molar-refractivity contribution in [3.63, 3.8) is 0 Å². The number of aliphatic imine (C=N–C) groups is 1. The Morgan fingerprint density at radius 3 is 2.45 bits per heavy atom. The molecule has 0 spiro atoms. The molecule has 2 aromatic rings. The molecule has 7 nitrogen and oxygen atoms in total. The Labute approximate surface area is 189 Å². The van der Waals surface area contributed by atoms with Crippen LogP contribution >= 0.6 is 24.0 Å². The van der Waals surface area contributed by atoms with Crippen molar-refractivity contribution in [2.75, 3.05) is 13.1 Å². The first-order chi connectivity index (χ1) is 13.4. The summed E-state index contributed by atoms with van der Waals surface area (Å²) in [7, 11) is 0. The molecule has 0 bridgehead atoms. The van der Waals surface area contributed by atoms with Gasteiger partial charge in [0.05, 0.1) is 12.3 Å². The number of guanidine groups is 1. The number of hydrogen-bond donors (Lipinski definition) is 3. The molecular formula is C21H31IN4O3. The van der Waals surface area contributed by atoms with E-state index in [-0.39, 0.29) is 30.0 Å². The second-order valence-electron chi connectivity index (χ2n) is 7.26. The van der Waals surface area contributed by atoms with Crippen LogP contribution in [-0.4, -0.2) is 30.7 Å². The van der Waals surface area contributed by atoms with Gasteiger partial charge in [0.25, 0.3) is 0 Å². The highest BCUT2D eigenvalue weighted by Gasteiger charge is 2.20. The van der Waals surface area contributed by atoms with Crippen LogP contribution < -0.4 is 16.0 Å². The van der Waals surface area contributed by atoms with Gasteiger partial charge in [0.15, 0.2) is 5.96 Å². The molecule has 1 aromatic carbocycles. The van der Waals surface area contributed by atoms with Crippen LogP contribution in [0.1, 0.15) is 45.1 Å². The number of amides is 1. The molecule has 0 saturated carbocycles. The molecule has 0 aliphatic rings. The molecule has 1 aromatic heterocycles. The Morgan fingerprint density at radius 2 is 1.86 bits per heavy atom. The molecule has 0 aliphatic carbocycles. The summed E-state index contributed by atoms with van der Waals surface area (Å²) in [4.78, 5) is 16.8. The molecule has 29 heavy (non-hydrogen) atoms. The van der Waals surface area contributed by atoms with E-state index in [1.807, 2.05) is 70.2 Å². The fraction of sp³-hybridized carbons (Fsp3) is 0.429. The number of rotatable bonds is 7. The molecule has 2 rings (SSSR count). The molecular weight excluding hydrogens is 483 g/mol. The SMILES string of the molecule is CCNC(=NCc1ccco1)NCC(NC(=O)OC(C)(C)C)c1ccccc1.I. The minimum absolute atomic E-state index is 0. The third-order valence-electron chi connectivity index (χ3n) is 3.68. The van der Waals surface area contributed by atoms with E-state index in [2.05, 4.69) is 20.9 Å². The number of furan rings is 1. The summed E-state index contributed by atoms with van der Waals surface area (Å²) in [5, 5.41) is 9.41. The van der Waals surface area contributed by atoms with Gasteiger partial charge in [0.2, 0.25) is 0 Å². The molecule has 0 radical (unpaired) electrons. The maximum absolute atomic E-state index is 12.3. The number of carbonyl (C=O) groups excluding carboxylic acids is 1. The van der Waals surface area contributed by atoms with Crippen molar-refractivity contribution in [1.29, 1.82) is 0 Å². The fourth-order valence-corrected chi connectivity index (χ4v) is 2.49. The number of benzene rings is 1. The van der Waals surface area contributed by atoms with E-state index in [0.29, 0.717) is 19.0 Å². The molecule has 1 unspecified atom stereocenters. The monoisotopic (exact) mass is 514 g/mol. The zero-order valence-corrected chi connectivity index (χ0v) is 19.7. The average Bonchev–Trinajstić information content (AvgIpc) is 3.15. The van der Waals surface area contributed by atoms with Crippen LogP contribution in [0, 0.1) is 0 Å². The van der Waals surface area contributed by atoms with Crippen LogP contribution in [0.4, 0.5) is 4.79 Å².